The van der Waals surface area contributed by atoms with Gasteiger partial charge in [0.05, 0.1) is 10.7 Å². The summed E-state index contributed by atoms with van der Waals surface area (Å²) >= 11 is 7.14. The van der Waals surface area contributed by atoms with Gasteiger partial charge in [0, 0.05) is 22.2 Å². The number of aromatic nitrogens is 2. The summed E-state index contributed by atoms with van der Waals surface area (Å²) in [6, 6.07) is 4.21. The first-order chi connectivity index (χ1) is 7.16. The lowest BCUT2D eigenvalue weighted by molar-refractivity contribution is 0.692. The standard InChI is InChI=1S/C10H11BrN2S2/c1-7-5-10(13(2)12-7)15-6-9-8(11)3-4-14-9/h3-5H,6H2,1-2H3. The van der Waals surface area contributed by atoms with E-state index in [4.69, 9.17) is 0 Å². The molecule has 80 valence electrons. The van der Waals surface area contributed by atoms with Gasteiger partial charge in [-0.15, -0.1) is 23.1 Å². The first kappa shape index (κ1) is 11.2. The predicted molar refractivity (Wildman–Crippen MR) is 69.5 cm³/mol. The fourth-order valence-corrected chi connectivity index (χ4v) is 4.12. The summed E-state index contributed by atoms with van der Waals surface area (Å²) in [7, 11) is 1.98. The number of thiophene rings is 1. The number of halogens is 1. The van der Waals surface area contributed by atoms with Crippen molar-refractivity contribution in [1.82, 2.24) is 9.78 Å². The fraction of sp³-hybridized carbons (Fsp3) is 0.300. The molecule has 2 aromatic heterocycles. The molecule has 0 aliphatic rings. The van der Waals surface area contributed by atoms with Crippen molar-refractivity contribution in [2.75, 3.05) is 0 Å². The molecule has 2 nitrogen and oxygen atoms in total. The van der Waals surface area contributed by atoms with Crippen molar-refractivity contribution >= 4 is 39.0 Å². The van der Waals surface area contributed by atoms with E-state index in [1.165, 1.54) is 14.4 Å². The number of hydrogen-bond acceptors (Lipinski definition) is 3. The Morgan fingerprint density at radius 2 is 2.40 bits per heavy atom. The van der Waals surface area contributed by atoms with Crippen molar-refractivity contribution in [2.45, 2.75) is 17.7 Å². The third kappa shape index (κ3) is 2.65. The second kappa shape index (κ2) is 4.72. The van der Waals surface area contributed by atoms with Crippen molar-refractivity contribution in [3.05, 3.63) is 32.6 Å². The van der Waals surface area contributed by atoms with Crippen LogP contribution in [0, 0.1) is 6.92 Å². The summed E-state index contributed by atoms with van der Waals surface area (Å²) in [4.78, 5) is 1.37. The third-order valence-electron chi connectivity index (χ3n) is 2.00. The molecule has 0 aromatic carbocycles. The van der Waals surface area contributed by atoms with Crippen LogP contribution < -0.4 is 0 Å². The van der Waals surface area contributed by atoms with Crippen LogP contribution in [0.1, 0.15) is 10.6 Å². The average molecular weight is 303 g/mol. The van der Waals surface area contributed by atoms with E-state index in [2.05, 4.69) is 38.5 Å². The highest BCUT2D eigenvalue weighted by molar-refractivity contribution is 9.10. The van der Waals surface area contributed by atoms with Crippen molar-refractivity contribution < 1.29 is 0 Å². The molecule has 0 amide bonds. The molecule has 0 unspecified atom stereocenters. The molecule has 2 aromatic rings. The lowest BCUT2D eigenvalue weighted by Gasteiger charge is -2.00. The molecule has 0 atom stereocenters. The van der Waals surface area contributed by atoms with Gasteiger partial charge in [0.15, 0.2) is 0 Å². The van der Waals surface area contributed by atoms with Crippen LogP contribution >= 0.6 is 39.0 Å². The molecule has 0 aliphatic heterocycles. The predicted octanol–water partition coefficient (Wildman–Crippen LogP) is 3.84. The highest BCUT2D eigenvalue weighted by Gasteiger charge is 2.06. The van der Waals surface area contributed by atoms with E-state index in [9.17, 15) is 0 Å². The molecule has 0 saturated heterocycles. The first-order valence-electron chi connectivity index (χ1n) is 4.52. The lowest BCUT2D eigenvalue weighted by atomic mass is 10.5. The van der Waals surface area contributed by atoms with Gasteiger partial charge in [0.25, 0.3) is 0 Å². The maximum absolute atomic E-state index is 4.32. The van der Waals surface area contributed by atoms with Crippen molar-refractivity contribution in [2.24, 2.45) is 7.05 Å². The van der Waals surface area contributed by atoms with Crippen LogP contribution in [-0.2, 0) is 12.8 Å². The maximum atomic E-state index is 4.32. The van der Waals surface area contributed by atoms with Crippen LogP contribution in [0.5, 0.6) is 0 Å². The van der Waals surface area contributed by atoms with E-state index in [0.717, 1.165) is 11.4 Å². The minimum atomic E-state index is 0.997. The van der Waals surface area contributed by atoms with Gasteiger partial charge in [0.1, 0.15) is 0 Å². The summed E-state index contributed by atoms with van der Waals surface area (Å²) < 4.78 is 3.14. The smallest absolute Gasteiger partial charge is 0.0942 e. The Hall–Kier alpha value is -0.260. The Labute approximate surface area is 106 Å². The van der Waals surface area contributed by atoms with Crippen LogP contribution in [0.3, 0.4) is 0 Å². The average Bonchev–Trinajstić information content (AvgIpc) is 2.70. The summed E-state index contributed by atoms with van der Waals surface area (Å²) in [5.74, 6) is 0.997. The fourth-order valence-electron chi connectivity index (χ4n) is 1.29. The van der Waals surface area contributed by atoms with Gasteiger partial charge in [-0.2, -0.15) is 5.10 Å². The highest BCUT2D eigenvalue weighted by atomic mass is 79.9. The Bertz CT molecular complexity index is 462. The Kier molecular flexibility index (Phi) is 3.53. The Balaban J connectivity index is 2.05. The van der Waals surface area contributed by atoms with Crippen LogP contribution in [0.25, 0.3) is 0 Å². The summed E-state index contributed by atoms with van der Waals surface area (Å²) in [5, 5.41) is 7.64. The van der Waals surface area contributed by atoms with Crippen molar-refractivity contribution in [1.29, 1.82) is 0 Å². The molecule has 5 heteroatoms. The van der Waals surface area contributed by atoms with Crippen LogP contribution in [0.2, 0.25) is 0 Å². The van der Waals surface area contributed by atoms with Gasteiger partial charge in [-0.1, -0.05) is 0 Å². The Morgan fingerprint density at radius 1 is 1.60 bits per heavy atom. The monoisotopic (exact) mass is 302 g/mol. The van der Waals surface area contributed by atoms with E-state index in [1.54, 1.807) is 11.3 Å². The topological polar surface area (TPSA) is 17.8 Å². The second-order valence-electron chi connectivity index (χ2n) is 3.23. The van der Waals surface area contributed by atoms with Gasteiger partial charge in [-0.25, -0.2) is 0 Å². The minimum Gasteiger partial charge on any atom is -0.262 e. The third-order valence-corrected chi connectivity index (χ3v) is 5.22. The molecule has 2 heterocycles. The van der Waals surface area contributed by atoms with Gasteiger partial charge in [0.2, 0.25) is 0 Å². The number of hydrogen-bond donors (Lipinski definition) is 0. The number of thioether (sulfide) groups is 1. The van der Waals surface area contributed by atoms with Gasteiger partial charge in [-0.3, -0.25) is 4.68 Å². The van der Waals surface area contributed by atoms with E-state index < -0.39 is 0 Å². The largest absolute Gasteiger partial charge is 0.262 e. The lowest BCUT2D eigenvalue weighted by Crippen LogP contribution is -1.92. The first-order valence-corrected chi connectivity index (χ1v) is 7.18. The molecule has 0 N–H and O–H groups in total. The number of nitrogens with zero attached hydrogens (tertiary/aromatic N) is 2. The van der Waals surface area contributed by atoms with Crippen LogP contribution in [0.4, 0.5) is 0 Å². The van der Waals surface area contributed by atoms with Crippen molar-refractivity contribution in [3.63, 3.8) is 0 Å². The van der Waals surface area contributed by atoms with E-state index in [-0.39, 0.29) is 0 Å². The molecule has 0 radical (unpaired) electrons. The SMILES string of the molecule is Cc1cc(SCc2sccc2Br)n(C)n1. The highest BCUT2D eigenvalue weighted by Crippen LogP contribution is 2.30. The molecule has 2 rings (SSSR count). The Morgan fingerprint density at radius 3 is 2.93 bits per heavy atom. The van der Waals surface area contributed by atoms with Gasteiger partial charge < -0.3 is 0 Å². The molecular weight excluding hydrogens is 292 g/mol. The van der Waals surface area contributed by atoms with E-state index in [0.29, 0.717) is 0 Å². The summed E-state index contributed by atoms with van der Waals surface area (Å²) in [6.45, 7) is 2.02. The normalized spacial score (nSPS) is 10.9. The summed E-state index contributed by atoms with van der Waals surface area (Å²) in [5.41, 5.74) is 1.07. The molecule has 0 spiro atoms. The minimum absolute atomic E-state index is 0.997. The maximum Gasteiger partial charge on any atom is 0.0942 e. The molecule has 15 heavy (non-hydrogen) atoms. The van der Waals surface area contributed by atoms with Gasteiger partial charge in [-0.05, 0) is 40.4 Å². The van der Waals surface area contributed by atoms with Crippen LogP contribution in [0.15, 0.2) is 27.0 Å². The van der Waals surface area contributed by atoms with E-state index in [1.807, 2.05) is 30.4 Å². The zero-order valence-electron chi connectivity index (χ0n) is 8.53. The zero-order valence-corrected chi connectivity index (χ0v) is 11.7. The van der Waals surface area contributed by atoms with Gasteiger partial charge >= 0.3 is 0 Å². The molecule has 0 aliphatic carbocycles. The van der Waals surface area contributed by atoms with E-state index >= 15 is 0 Å². The van der Waals surface area contributed by atoms with Crippen molar-refractivity contribution in [3.8, 4) is 0 Å². The van der Waals surface area contributed by atoms with Crippen LogP contribution in [-0.4, -0.2) is 9.78 Å². The molecule has 0 bridgehead atoms. The number of rotatable bonds is 3. The quantitative estimate of drug-likeness (QED) is 0.802. The molecule has 0 saturated carbocycles. The summed E-state index contributed by atoms with van der Waals surface area (Å²) in [6.07, 6.45) is 0. The number of aryl methyl sites for hydroxylation is 2. The molecule has 0 fully saturated rings. The molecular formula is C10H11BrN2S2. The second-order valence-corrected chi connectivity index (χ2v) is 6.08. The zero-order chi connectivity index (χ0) is 10.8.